The molecule has 3 heterocycles. The lowest BCUT2D eigenvalue weighted by atomic mass is 9.58. The van der Waals surface area contributed by atoms with Gasteiger partial charge in [-0.2, -0.15) is 0 Å². The molecule has 1 saturated heterocycles. The number of nitrogens with zero attached hydrogens (tertiary/aromatic N) is 3. The van der Waals surface area contributed by atoms with Crippen LogP contribution in [-0.4, -0.2) is 109 Å². The van der Waals surface area contributed by atoms with Crippen LogP contribution in [0.4, 0.5) is 13.6 Å². The van der Waals surface area contributed by atoms with Gasteiger partial charge in [0.2, 0.25) is 17.7 Å². The summed E-state index contributed by atoms with van der Waals surface area (Å²) in [5.41, 5.74) is -1.12. The number of aryl methyl sites for hydroxylation is 1. The summed E-state index contributed by atoms with van der Waals surface area (Å²) in [7, 11) is -2.07. The summed E-state index contributed by atoms with van der Waals surface area (Å²) in [6, 6.07) is 2.86. The lowest BCUT2D eigenvalue weighted by molar-refractivity contribution is -0.144. The molecule has 9 rings (SSSR count). The number of alkyl carbamates (subject to hydrolysis) is 1. The molecule has 336 valence electrons. The zero-order valence-electron chi connectivity index (χ0n) is 35.5. The summed E-state index contributed by atoms with van der Waals surface area (Å²) in [6.45, 7) is 5.52. The molecule has 0 spiro atoms. The van der Waals surface area contributed by atoms with Gasteiger partial charge in [0.1, 0.15) is 54.1 Å². The number of nitrogens with one attached hydrogen (secondary N) is 3. The fraction of sp³-hybridized carbons (Fsp3) is 0.721. The third kappa shape index (κ3) is 8.69. The molecule has 5 N–H and O–H groups in total. The van der Waals surface area contributed by atoms with E-state index in [0.29, 0.717) is 53.6 Å². The van der Waals surface area contributed by atoms with Gasteiger partial charge in [-0.25, -0.2) is 23.5 Å². The maximum Gasteiger partial charge on any atom is 0.408 e. The third-order valence-electron chi connectivity index (χ3n) is 14.1. The number of hydrogen-bond donors (Lipinski definition) is 5. The number of carbonyl (C=O) groups excluding carboxylic acids is 4. The van der Waals surface area contributed by atoms with Gasteiger partial charge in [-0.15, -0.1) is 10.8 Å². The van der Waals surface area contributed by atoms with Crippen molar-refractivity contribution in [3.05, 3.63) is 23.9 Å². The Labute approximate surface area is 356 Å². The van der Waals surface area contributed by atoms with Crippen LogP contribution in [0.15, 0.2) is 18.2 Å². The van der Waals surface area contributed by atoms with Crippen molar-refractivity contribution in [2.24, 2.45) is 35.0 Å². The molecule has 4 bridgehead atoms. The van der Waals surface area contributed by atoms with Crippen LogP contribution in [0.2, 0.25) is 0 Å². The fourth-order valence-corrected chi connectivity index (χ4v) is 11.7. The van der Waals surface area contributed by atoms with Crippen molar-refractivity contribution in [1.82, 2.24) is 30.2 Å². The first-order chi connectivity index (χ1) is 28.9. The molecule has 1 unspecified atom stereocenters. The van der Waals surface area contributed by atoms with E-state index >= 15 is 9.18 Å². The van der Waals surface area contributed by atoms with E-state index in [4.69, 9.17) is 24.2 Å². The standard InChI is InChI=1S/C43H60F2N6O9S/c1-22-34-21-51(35(22)37(52)49-43(19-28(43)29(45)20-44)40(54)50-61(56,57)26-12-13-26)39(53)36(42(2,3)4)48-41(55)60-33-17-23-15-24(16-23)27(33)9-7-6-8-10-31-38(59-34)47-32-18-25(58-5)11-14-30(32)46-31/h11,14,18,22-24,26-29,33-36,56-57H,6-10,12-13,15-17,19-21H2,1-5H3,(H,48,55)(H,49,52)(H,50,54)/t22-,23?,24?,27+,28+,29?,33+,34+,35+,36-,43-/m1/s1. The number of hydrogen-bond acceptors (Lipinski definition) is 11. The molecule has 18 heteroatoms. The minimum absolute atomic E-state index is 0.145. The Morgan fingerprint density at radius 3 is 2.51 bits per heavy atom. The summed E-state index contributed by atoms with van der Waals surface area (Å²) >= 11 is 0. The van der Waals surface area contributed by atoms with E-state index in [1.807, 2.05) is 6.07 Å². The highest BCUT2D eigenvalue weighted by Crippen LogP contribution is 2.56. The zero-order chi connectivity index (χ0) is 43.6. The van der Waals surface area contributed by atoms with Gasteiger partial charge in [-0.1, -0.05) is 40.5 Å². The van der Waals surface area contributed by atoms with Gasteiger partial charge in [-0.05, 0) is 93.1 Å². The van der Waals surface area contributed by atoms with Gasteiger partial charge >= 0.3 is 6.09 Å². The highest BCUT2D eigenvalue weighted by Gasteiger charge is 2.66. The number of halogens is 2. The van der Waals surface area contributed by atoms with Gasteiger partial charge in [0.15, 0.2) is 0 Å². The Bertz CT molecular complexity index is 2030. The predicted octanol–water partition coefficient (Wildman–Crippen LogP) is 6.03. The SMILES string of the molecule is COc1ccc2nc3c(nc2c1)O[C@H]1CN(C(=O)[C@H](C(C)(C)C)NC(=O)O[C@H]2CC4CC(C4)[C@@H]2CCCCC3)[C@H](C(=O)N[C@]2(C(=O)NS(O)(O)C3CC3)C[C@H]2C(F)CF)[C@@H]1C. The number of carbonyl (C=O) groups is 4. The van der Waals surface area contributed by atoms with Crippen LogP contribution >= 0.6 is 10.8 Å². The average Bonchev–Trinajstić information content (AvgIpc) is 4.13. The molecule has 2 aliphatic heterocycles. The number of benzene rings is 1. The number of aromatic nitrogens is 2. The van der Waals surface area contributed by atoms with Crippen molar-refractivity contribution in [2.45, 2.75) is 140 Å². The third-order valence-corrected chi connectivity index (χ3v) is 16.0. The van der Waals surface area contributed by atoms with E-state index in [1.54, 1.807) is 46.9 Å². The number of methoxy groups -OCH3 is 1. The average molecular weight is 875 g/mol. The van der Waals surface area contributed by atoms with Gasteiger partial charge in [-0.3, -0.25) is 28.2 Å². The smallest absolute Gasteiger partial charge is 0.408 e. The molecule has 4 amide bonds. The van der Waals surface area contributed by atoms with Crippen LogP contribution in [-0.2, 0) is 25.5 Å². The van der Waals surface area contributed by atoms with Gasteiger partial charge in [0.05, 0.1) is 29.9 Å². The second kappa shape index (κ2) is 16.6. The molecule has 0 radical (unpaired) electrons. The lowest BCUT2D eigenvalue weighted by Gasteiger charge is -2.50. The van der Waals surface area contributed by atoms with Crippen molar-refractivity contribution in [2.75, 3.05) is 20.3 Å². The predicted molar refractivity (Wildman–Crippen MR) is 222 cm³/mol. The molecule has 5 aliphatic carbocycles. The van der Waals surface area contributed by atoms with Gasteiger partial charge < -0.3 is 29.7 Å². The second-order valence-corrected chi connectivity index (χ2v) is 21.5. The molecule has 15 nitrogen and oxygen atoms in total. The summed E-state index contributed by atoms with van der Waals surface area (Å²) in [5.74, 6) is -2.59. The van der Waals surface area contributed by atoms with Crippen molar-refractivity contribution in [3.8, 4) is 11.6 Å². The minimum atomic E-state index is -3.62. The van der Waals surface area contributed by atoms with Gasteiger partial charge in [0, 0.05) is 17.9 Å². The Hall–Kier alpha value is -4.03. The van der Waals surface area contributed by atoms with Crippen LogP contribution in [0.5, 0.6) is 11.6 Å². The largest absolute Gasteiger partial charge is 0.497 e. The molecule has 5 saturated carbocycles. The van der Waals surface area contributed by atoms with Gasteiger partial charge in [0.25, 0.3) is 5.91 Å². The van der Waals surface area contributed by atoms with Crippen LogP contribution in [0.3, 0.4) is 0 Å². The molecule has 7 aliphatic rings. The summed E-state index contributed by atoms with van der Waals surface area (Å²) < 4.78 is 70.8. The van der Waals surface area contributed by atoms with E-state index in [-0.39, 0.29) is 30.9 Å². The van der Waals surface area contributed by atoms with E-state index in [0.717, 1.165) is 44.9 Å². The zero-order valence-corrected chi connectivity index (χ0v) is 36.3. The summed E-state index contributed by atoms with van der Waals surface area (Å²) in [5, 5.41) is 4.94. The van der Waals surface area contributed by atoms with Crippen molar-refractivity contribution >= 4 is 45.6 Å². The monoisotopic (exact) mass is 874 g/mol. The first-order valence-electron chi connectivity index (χ1n) is 21.8. The maximum absolute atomic E-state index is 15.1. The van der Waals surface area contributed by atoms with Crippen molar-refractivity contribution in [3.63, 3.8) is 0 Å². The molecule has 9 atom stereocenters. The first-order valence-corrected chi connectivity index (χ1v) is 23.4. The molecule has 1 aromatic heterocycles. The number of alkyl halides is 2. The summed E-state index contributed by atoms with van der Waals surface area (Å²) in [4.78, 5) is 68.6. The highest BCUT2D eigenvalue weighted by atomic mass is 32.3. The van der Waals surface area contributed by atoms with E-state index in [2.05, 4.69) is 15.4 Å². The lowest BCUT2D eigenvalue weighted by Crippen LogP contribution is -2.61. The van der Waals surface area contributed by atoms with Crippen LogP contribution < -0.4 is 24.8 Å². The van der Waals surface area contributed by atoms with Crippen LogP contribution in [0.25, 0.3) is 11.0 Å². The topological polar surface area (TPSA) is 202 Å². The molecule has 1 aromatic carbocycles. The molecule has 2 aromatic rings. The van der Waals surface area contributed by atoms with Crippen LogP contribution in [0.1, 0.15) is 97.6 Å². The quantitative estimate of drug-likeness (QED) is 0.207. The highest BCUT2D eigenvalue weighted by molar-refractivity contribution is 8.23. The Balaban J connectivity index is 1.15. The van der Waals surface area contributed by atoms with Crippen molar-refractivity contribution < 1.29 is 51.3 Å². The molecule has 61 heavy (non-hydrogen) atoms. The number of ether oxygens (including phenoxy) is 3. The van der Waals surface area contributed by atoms with E-state index < -0.39 is 93.7 Å². The first kappa shape index (κ1) is 43.6. The normalized spacial score (nSPS) is 33.9. The second-order valence-electron chi connectivity index (χ2n) is 19.4. The van der Waals surface area contributed by atoms with E-state index in [9.17, 15) is 27.9 Å². The van der Waals surface area contributed by atoms with E-state index in [1.165, 1.54) is 4.90 Å². The minimum Gasteiger partial charge on any atom is -0.497 e. The maximum atomic E-state index is 15.1. The number of fused-ring (bicyclic) bond motifs is 4. The Morgan fingerprint density at radius 2 is 1.82 bits per heavy atom. The summed E-state index contributed by atoms with van der Waals surface area (Å²) in [6.07, 6.45) is 3.72. The fourth-order valence-electron chi connectivity index (χ4n) is 10.2. The molecular weight excluding hydrogens is 815 g/mol. The Morgan fingerprint density at radius 1 is 1.07 bits per heavy atom. The molecule has 6 fully saturated rings. The number of amides is 4. The van der Waals surface area contributed by atoms with Crippen molar-refractivity contribution in [1.29, 1.82) is 0 Å². The molecular formula is C43H60F2N6O9S. The number of rotatable bonds is 8. The van der Waals surface area contributed by atoms with Crippen LogP contribution in [0, 0.1) is 35.0 Å². The Kier molecular flexibility index (Phi) is 11.9.